The molecule has 0 amide bonds. The number of benzene rings is 2. The van der Waals surface area contributed by atoms with Crippen LogP contribution in [0.3, 0.4) is 0 Å². The molecule has 0 saturated heterocycles. The summed E-state index contributed by atoms with van der Waals surface area (Å²) in [5.41, 5.74) is 4.85. The van der Waals surface area contributed by atoms with Crippen LogP contribution in [0.15, 0.2) is 63.3 Å². The van der Waals surface area contributed by atoms with E-state index in [9.17, 15) is 0 Å². The molecule has 3 N–H and O–H groups in total. The van der Waals surface area contributed by atoms with E-state index < -0.39 is 0 Å². The van der Waals surface area contributed by atoms with Gasteiger partial charge < -0.3 is 5.84 Å². The molecule has 3 rings (SSSR count). The molecule has 0 bridgehead atoms. The summed E-state index contributed by atoms with van der Waals surface area (Å²) in [6, 6.07) is 15.4. The molecule has 128 valence electrons. The Labute approximate surface area is 162 Å². The second kappa shape index (κ2) is 8.37. The molecule has 0 spiro atoms. The van der Waals surface area contributed by atoms with Crippen LogP contribution in [0.4, 0.5) is 5.95 Å². The van der Waals surface area contributed by atoms with Gasteiger partial charge in [0.2, 0.25) is 5.16 Å². The van der Waals surface area contributed by atoms with Gasteiger partial charge in [0.15, 0.2) is 0 Å². The number of thioether (sulfide) groups is 1. The van der Waals surface area contributed by atoms with E-state index in [0.717, 1.165) is 21.4 Å². The van der Waals surface area contributed by atoms with Gasteiger partial charge in [-0.15, -0.1) is 10.2 Å². The average Bonchev–Trinajstić information content (AvgIpc) is 2.95. The topological polar surface area (TPSA) is 81.1 Å². The first-order chi connectivity index (χ1) is 12.1. The van der Waals surface area contributed by atoms with Gasteiger partial charge in [0.1, 0.15) is 0 Å². The summed E-state index contributed by atoms with van der Waals surface area (Å²) in [6.45, 7) is 0. The molecule has 3 aromatic rings. The molecule has 2 aromatic carbocycles. The predicted molar refractivity (Wildman–Crippen MR) is 107 cm³/mol. The van der Waals surface area contributed by atoms with Crippen molar-refractivity contribution >= 4 is 51.5 Å². The third-order valence-electron chi connectivity index (χ3n) is 3.17. The number of hydrazone groups is 1. The Morgan fingerprint density at radius 3 is 2.80 bits per heavy atom. The quantitative estimate of drug-likeness (QED) is 0.262. The monoisotopic (exact) mass is 436 g/mol. The Bertz CT molecular complexity index is 881. The Morgan fingerprint density at radius 2 is 2.04 bits per heavy atom. The number of nitrogens with zero attached hydrogens (tertiary/aromatic N) is 4. The average molecular weight is 438 g/mol. The first kappa shape index (κ1) is 17.8. The van der Waals surface area contributed by atoms with E-state index >= 15 is 0 Å². The Kier molecular flexibility index (Phi) is 5.95. The number of hydrogen-bond donors (Lipinski definition) is 2. The van der Waals surface area contributed by atoms with Crippen LogP contribution >= 0.6 is 39.3 Å². The molecule has 25 heavy (non-hydrogen) atoms. The van der Waals surface area contributed by atoms with E-state index in [1.54, 1.807) is 18.3 Å². The second-order valence-corrected chi connectivity index (χ2v) is 7.31. The number of hydrogen-bond acceptors (Lipinski definition) is 6. The highest BCUT2D eigenvalue weighted by atomic mass is 79.9. The number of nitrogens with one attached hydrogen (secondary N) is 1. The fraction of sp³-hybridized carbons (Fsp3) is 0.0625. The molecule has 0 fully saturated rings. The number of anilines is 1. The summed E-state index contributed by atoms with van der Waals surface area (Å²) >= 11 is 10.8. The van der Waals surface area contributed by atoms with Crippen molar-refractivity contribution in [2.75, 3.05) is 11.3 Å². The van der Waals surface area contributed by atoms with Crippen LogP contribution in [-0.4, -0.2) is 21.1 Å². The van der Waals surface area contributed by atoms with Crippen molar-refractivity contribution in [3.8, 4) is 0 Å². The standard InChI is InChI=1S/C16H14BrClN6S/c17-13-3-1-2-12(8-13)10-25-16-23-22-15(24(16)19)21-20-9-11-4-6-14(18)7-5-11/h1-9H,10,19H2,(H,21,22)/b20-9+. The number of nitrogens with two attached hydrogens (primary N) is 1. The minimum Gasteiger partial charge on any atom is -0.334 e. The van der Waals surface area contributed by atoms with Crippen molar-refractivity contribution in [1.82, 2.24) is 14.9 Å². The molecule has 1 aromatic heterocycles. The van der Waals surface area contributed by atoms with Crippen molar-refractivity contribution in [1.29, 1.82) is 0 Å². The third kappa shape index (κ3) is 4.97. The zero-order valence-corrected chi connectivity index (χ0v) is 16.1. The summed E-state index contributed by atoms with van der Waals surface area (Å²) < 4.78 is 2.42. The number of nitrogen functional groups attached to an aromatic ring is 1. The fourth-order valence-corrected chi connectivity index (χ4v) is 3.31. The maximum atomic E-state index is 6.00. The highest BCUT2D eigenvalue weighted by Gasteiger charge is 2.09. The summed E-state index contributed by atoms with van der Waals surface area (Å²) in [5.74, 6) is 7.11. The minimum atomic E-state index is 0.363. The molecule has 0 aliphatic carbocycles. The van der Waals surface area contributed by atoms with E-state index in [4.69, 9.17) is 17.4 Å². The molecule has 9 heteroatoms. The first-order valence-electron chi connectivity index (χ1n) is 7.24. The van der Waals surface area contributed by atoms with Crippen LogP contribution in [0.25, 0.3) is 0 Å². The predicted octanol–water partition coefficient (Wildman–Crippen LogP) is 4.15. The van der Waals surface area contributed by atoms with E-state index in [1.807, 2.05) is 30.3 Å². The lowest BCUT2D eigenvalue weighted by atomic mass is 10.2. The molecular formula is C16H14BrClN6S. The molecule has 6 nitrogen and oxygen atoms in total. The van der Waals surface area contributed by atoms with Crippen molar-refractivity contribution in [2.24, 2.45) is 5.10 Å². The van der Waals surface area contributed by atoms with E-state index in [1.165, 1.54) is 16.4 Å². The lowest BCUT2D eigenvalue weighted by Gasteiger charge is -2.03. The van der Waals surface area contributed by atoms with Gasteiger partial charge in [-0.05, 0) is 35.4 Å². The van der Waals surface area contributed by atoms with Gasteiger partial charge in [-0.3, -0.25) is 0 Å². The zero-order valence-electron chi connectivity index (χ0n) is 12.9. The molecule has 0 aliphatic heterocycles. The molecule has 0 saturated carbocycles. The Morgan fingerprint density at radius 1 is 1.24 bits per heavy atom. The van der Waals surface area contributed by atoms with Crippen LogP contribution in [0.5, 0.6) is 0 Å². The van der Waals surface area contributed by atoms with Crippen LogP contribution in [-0.2, 0) is 5.75 Å². The van der Waals surface area contributed by atoms with Crippen molar-refractivity contribution in [3.05, 3.63) is 69.2 Å². The number of aromatic nitrogens is 3. The maximum Gasteiger partial charge on any atom is 0.264 e. The number of rotatable bonds is 6. The van der Waals surface area contributed by atoms with Crippen molar-refractivity contribution in [3.63, 3.8) is 0 Å². The second-order valence-electron chi connectivity index (χ2n) is 5.02. The van der Waals surface area contributed by atoms with Gasteiger partial charge in [-0.2, -0.15) is 5.10 Å². The first-order valence-corrected chi connectivity index (χ1v) is 9.40. The SMILES string of the molecule is Nn1c(N/N=C/c2ccc(Cl)cc2)nnc1SCc1cccc(Br)c1. The van der Waals surface area contributed by atoms with Crippen LogP contribution in [0, 0.1) is 0 Å². The lowest BCUT2D eigenvalue weighted by molar-refractivity contribution is 0.847. The normalized spacial score (nSPS) is 11.1. The number of halogens is 2. The summed E-state index contributed by atoms with van der Waals surface area (Å²) in [5, 5.41) is 13.5. The van der Waals surface area contributed by atoms with E-state index in [2.05, 4.69) is 42.7 Å². The Balaban J connectivity index is 1.60. The lowest BCUT2D eigenvalue weighted by Crippen LogP contribution is -2.13. The maximum absolute atomic E-state index is 6.00. The van der Waals surface area contributed by atoms with Gasteiger partial charge in [-0.25, -0.2) is 10.1 Å². The van der Waals surface area contributed by atoms with Gasteiger partial charge in [0, 0.05) is 15.2 Å². The van der Waals surface area contributed by atoms with Gasteiger partial charge in [0.05, 0.1) is 6.21 Å². The zero-order chi connectivity index (χ0) is 17.6. The van der Waals surface area contributed by atoms with Gasteiger partial charge in [0.25, 0.3) is 5.95 Å². The summed E-state index contributed by atoms with van der Waals surface area (Å²) in [6.07, 6.45) is 1.65. The highest BCUT2D eigenvalue weighted by molar-refractivity contribution is 9.10. The van der Waals surface area contributed by atoms with Crippen LogP contribution in [0.2, 0.25) is 5.02 Å². The molecule has 1 heterocycles. The van der Waals surface area contributed by atoms with E-state index in [-0.39, 0.29) is 0 Å². The molecular weight excluding hydrogens is 424 g/mol. The van der Waals surface area contributed by atoms with Crippen LogP contribution in [0.1, 0.15) is 11.1 Å². The molecule has 0 radical (unpaired) electrons. The highest BCUT2D eigenvalue weighted by Crippen LogP contribution is 2.23. The van der Waals surface area contributed by atoms with Crippen molar-refractivity contribution < 1.29 is 0 Å². The largest absolute Gasteiger partial charge is 0.334 e. The third-order valence-corrected chi connectivity index (χ3v) is 4.93. The minimum absolute atomic E-state index is 0.363. The summed E-state index contributed by atoms with van der Waals surface area (Å²) in [4.78, 5) is 0. The summed E-state index contributed by atoms with van der Waals surface area (Å²) in [7, 11) is 0. The van der Waals surface area contributed by atoms with E-state index in [0.29, 0.717) is 16.1 Å². The molecule has 0 unspecified atom stereocenters. The molecule has 0 atom stereocenters. The Hall–Kier alpha value is -2.03. The molecule has 0 aliphatic rings. The van der Waals surface area contributed by atoms with Gasteiger partial charge in [-0.1, -0.05) is 63.6 Å². The van der Waals surface area contributed by atoms with Gasteiger partial charge >= 0.3 is 0 Å². The fourth-order valence-electron chi connectivity index (χ4n) is 1.94. The smallest absolute Gasteiger partial charge is 0.264 e. The van der Waals surface area contributed by atoms with Crippen molar-refractivity contribution in [2.45, 2.75) is 10.9 Å². The van der Waals surface area contributed by atoms with Crippen LogP contribution < -0.4 is 11.3 Å².